The van der Waals surface area contributed by atoms with Gasteiger partial charge in [-0.05, 0) is 48.1 Å². The van der Waals surface area contributed by atoms with Crippen LogP contribution in [0.1, 0.15) is 56.9 Å². The predicted octanol–water partition coefficient (Wildman–Crippen LogP) is 5.18. The summed E-state index contributed by atoms with van der Waals surface area (Å²) in [6.45, 7) is 10.2. The van der Waals surface area contributed by atoms with Crippen molar-refractivity contribution in [1.29, 1.82) is 0 Å². The minimum absolute atomic E-state index is 0.0107. The molecule has 1 unspecified atom stereocenters. The molecule has 0 fully saturated rings. The van der Waals surface area contributed by atoms with Gasteiger partial charge in [-0.3, -0.25) is 4.79 Å². The van der Waals surface area contributed by atoms with Crippen molar-refractivity contribution in [2.24, 2.45) is 5.10 Å². The van der Waals surface area contributed by atoms with Crippen LogP contribution in [0.25, 0.3) is 0 Å². The quantitative estimate of drug-likeness (QED) is 0.682. The summed E-state index contributed by atoms with van der Waals surface area (Å²) < 4.78 is 0. The third-order valence-corrected chi connectivity index (χ3v) is 5.06. The zero-order chi connectivity index (χ0) is 19.1. The highest BCUT2D eigenvalue weighted by Gasteiger charge is 2.26. The molecule has 1 atom stereocenters. The molecule has 0 N–H and O–H groups in total. The van der Waals surface area contributed by atoms with Crippen molar-refractivity contribution >= 4 is 23.2 Å². The van der Waals surface area contributed by atoms with E-state index in [2.05, 4.69) is 39.0 Å². The molecule has 2 aromatic rings. The minimum Gasteiger partial charge on any atom is -0.273 e. The van der Waals surface area contributed by atoms with Crippen LogP contribution in [0.5, 0.6) is 0 Å². The highest BCUT2D eigenvalue weighted by Crippen LogP contribution is 2.30. The number of halogens is 1. The Labute approximate surface area is 160 Å². The van der Waals surface area contributed by atoms with Crippen molar-refractivity contribution in [1.82, 2.24) is 5.01 Å². The van der Waals surface area contributed by atoms with E-state index in [-0.39, 0.29) is 17.4 Å². The van der Waals surface area contributed by atoms with Gasteiger partial charge in [0, 0.05) is 23.1 Å². The molecule has 2 aromatic carbocycles. The van der Waals surface area contributed by atoms with Crippen molar-refractivity contribution in [3.8, 4) is 0 Å². The van der Waals surface area contributed by atoms with Gasteiger partial charge in [0.1, 0.15) is 0 Å². The maximum absolute atomic E-state index is 12.2. The molecular formula is C22H25ClN2O. The lowest BCUT2D eigenvalue weighted by atomic mass is 9.83. The van der Waals surface area contributed by atoms with E-state index in [1.54, 1.807) is 11.9 Å². The number of amides is 1. The summed E-state index contributed by atoms with van der Waals surface area (Å²) in [6.07, 6.45) is 0.778. The lowest BCUT2D eigenvalue weighted by molar-refractivity contribution is -0.130. The van der Waals surface area contributed by atoms with E-state index in [1.807, 2.05) is 31.2 Å². The molecule has 26 heavy (non-hydrogen) atoms. The van der Waals surface area contributed by atoms with Crippen LogP contribution in [0.3, 0.4) is 0 Å². The SMILES string of the molecule is CC(=O)N1N=C(c2ccc(Cl)cc2)c2cc(C(C)(C)C)ccc2CC1C. The number of benzene rings is 2. The van der Waals surface area contributed by atoms with Crippen molar-refractivity contribution in [2.75, 3.05) is 0 Å². The Bertz CT molecular complexity index is 863. The Morgan fingerprint density at radius 3 is 2.38 bits per heavy atom. The summed E-state index contributed by atoms with van der Waals surface area (Å²) in [6, 6.07) is 14.2. The summed E-state index contributed by atoms with van der Waals surface area (Å²) in [4.78, 5) is 12.2. The molecule has 1 aliphatic heterocycles. The number of carbonyl (C=O) groups excluding carboxylic acids is 1. The van der Waals surface area contributed by atoms with Gasteiger partial charge in [0.05, 0.1) is 11.8 Å². The van der Waals surface area contributed by atoms with Crippen molar-refractivity contribution in [2.45, 2.75) is 52.5 Å². The first kappa shape index (κ1) is 18.7. The van der Waals surface area contributed by atoms with Crippen molar-refractivity contribution in [3.05, 3.63) is 69.7 Å². The molecule has 0 bridgehead atoms. The molecule has 3 nitrogen and oxygen atoms in total. The maximum Gasteiger partial charge on any atom is 0.239 e. The molecule has 0 aromatic heterocycles. The van der Waals surface area contributed by atoms with Crippen LogP contribution in [-0.2, 0) is 16.6 Å². The van der Waals surface area contributed by atoms with Gasteiger partial charge in [-0.25, -0.2) is 5.01 Å². The Kier molecular flexibility index (Phi) is 4.94. The number of fused-ring (bicyclic) bond motifs is 1. The van der Waals surface area contributed by atoms with E-state index in [0.717, 1.165) is 23.3 Å². The first-order valence-electron chi connectivity index (χ1n) is 8.95. The van der Waals surface area contributed by atoms with Gasteiger partial charge >= 0.3 is 0 Å². The standard InChI is InChI=1S/C22H25ClN2O/c1-14-12-17-6-9-18(22(3,4)5)13-20(17)21(24-25(14)15(2)26)16-7-10-19(23)11-8-16/h6-11,13-14H,12H2,1-5H3. The van der Waals surface area contributed by atoms with Gasteiger partial charge in [0.15, 0.2) is 0 Å². The van der Waals surface area contributed by atoms with E-state index in [0.29, 0.717) is 5.02 Å². The third-order valence-electron chi connectivity index (χ3n) is 4.81. The second kappa shape index (κ2) is 6.88. The number of hydrazone groups is 1. The Hall–Kier alpha value is -2.13. The van der Waals surface area contributed by atoms with Crippen LogP contribution in [0, 0.1) is 0 Å². The third kappa shape index (κ3) is 3.68. The average molecular weight is 369 g/mol. The van der Waals surface area contributed by atoms with E-state index < -0.39 is 0 Å². The van der Waals surface area contributed by atoms with E-state index in [4.69, 9.17) is 16.7 Å². The van der Waals surface area contributed by atoms with E-state index in [9.17, 15) is 4.79 Å². The molecule has 0 spiro atoms. The number of carbonyl (C=O) groups is 1. The lowest BCUT2D eigenvalue weighted by Gasteiger charge is -2.22. The molecule has 136 valence electrons. The molecule has 0 saturated heterocycles. The second-order valence-electron chi connectivity index (χ2n) is 7.99. The summed E-state index contributed by atoms with van der Waals surface area (Å²) in [5.74, 6) is -0.0483. The van der Waals surface area contributed by atoms with Crippen LogP contribution in [-0.4, -0.2) is 22.7 Å². The lowest BCUT2D eigenvalue weighted by Crippen LogP contribution is -2.33. The van der Waals surface area contributed by atoms with Gasteiger partial charge in [-0.2, -0.15) is 5.10 Å². The number of hydrogen-bond acceptors (Lipinski definition) is 2. The highest BCUT2D eigenvalue weighted by atomic mass is 35.5. The monoisotopic (exact) mass is 368 g/mol. The maximum atomic E-state index is 12.2. The summed E-state index contributed by atoms with van der Waals surface area (Å²) in [5.41, 5.74) is 5.38. The Balaban J connectivity index is 2.24. The predicted molar refractivity (Wildman–Crippen MR) is 108 cm³/mol. The first-order valence-corrected chi connectivity index (χ1v) is 9.33. The fourth-order valence-electron chi connectivity index (χ4n) is 3.31. The van der Waals surface area contributed by atoms with Crippen molar-refractivity contribution < 1.29 is 4.79 Å². The molecular weight excluding hydrogens is 344 g/mol. The van der Waals surface area contributed by atoms with Crippen LogP contribution in [0.15, 0.2) is 47.6 Å². The zero-order valence-corrected chi connectivity index (χ0v) is 16.8. The highest BCUT2D eigenvalue weighted by molar-refractivity contribution is 6.30. The smallest absolute Gasteiger partial charge is 0.239 e. The van der Waals surface area contributed by atoms with E-state index >= 15 is 0 Å². The van der Waals surface area contributed by atoms with Gasteiger partial charge in [-0.15, -0.1) is 0 Å². The Morgan fingerprint density at radius 1 is 1.15 bits per heavy atom. The van der Waals surface area contributed by atoms with Gasteiger partial charge in [-0.1, -0.05) is 56.6 Å². The van der Waals surface area contributed by atoms with E-state index in [1.165, 1.54) is 11.1 Å². The number of hydrogen-bond donors (Lipinski definition) is 0. The topological polar surface area (TPSA) is 32.7 Å². The molecule has 1 heterocycles. The molecule has 3 rings (SSSR count). The summed E-state index contributed by atoms with van der Waals surface area (Å²) in [5, 5.41) is 7.06. The van der Waals surface area contributed by atoms with Gasteiger partial charge in [0.25, 0.3) is 0 Å². The fraction of sp³-hybridized carbons (Fsp3) is 0.364. The van der Waals surface area contributed by atoms with Crippen LogP contribution >= 0.6 is 11.6 Å². The number of nitrogens with zero attached hydrogens (tertiary/aromatic N) is 2. The molecule has 0 aliphatic carbocycles. The Morgan fingerprint density at radius 2 is 1.81 bits per heavy atom. The summed E-state index contributed by atoms with van der Waals surface area (Å²) >= 11 is 6.07. The fourth-order valence-corrected chi connectivity index (χ4v) is 3.43. The largest absolute Gasteiger partial charge is 0.273 e. The zero-order valence-electron chi connectivity index (χ0n) is 16.0. The normalized spacial score (nSPS) is 17.4. The molecule has 4 heteroatoms. The minimum atomic E-state index is -0.0483. The summed E-state index contributed by atoms with van der Waals surface area (Å²) in [7, 11) is 0. The van der Waals surface area contributed by atoms with Gasteiger partial charge in [0.2, 0.25) is 5.91 Å². The van der Waals surface area contributed by atoms with Crippen LogP contribution in [0.4, 0.5) is 0 Å². The number of rotatable bonds is 1. The molecule has 0 radical (unpaired) electrons. The van der Waals surface area contributed by atoms with Gasteiger partial charge < -0.3 is 0 Å². The second-order valence-corrected chi connectivity index (χ2v) is 8.43. The molecule has 1 amide bonds. The molecule has 0 saturated carbocycles. The molecule has 1 aliphatic rings. The van der Waals surface area contributed by atoms with Crippen LogP contribution < -0.4 is 0 Å². The average Bonchev–Trinajstić information content (AvgIpc) is 2.70. The van der Waals surface area contributed by atoms with Crippen LogP contribution in [0.2, 0.25) is 5.02 Å². The first-order chi connectivity index (χ1) is 12.2. The van der Waals surface area contributed by atoms with Crippen molar-refractivity contribution in [3.63, 3.8) is 0 Å².